The number of rotatable bonds is 5. The Kier molecular flexibility index (Phi) is 7.02. The lowest BCUT2D eigenvalue weighted by Gasteiger charge is -2.32. The van der Waals surface area contributed by atoms with Gasteiger partial charge in [-0.3, -0.25) is 4.79 Å². The molecule has 0 atom stereocenters. The summed E-state index contributed by atoms with van der Waals surface area (Å²) in [7, 11) is 0. The number of carbonyl (C=O) groups excluding carboxylic acids is 1. The number of aromatic hydroxyl groups is 1. The third-order valence-electron chi connectivity index (χ3n) is 6.62. The number of phenolic OH excluding ortho intramolecular Hbond substituents is 1. The number of carbonyl (C=O) groups is 1. The predicted molar refractivity (Wildman–Crippen MR) is 141 cm³/mol. The first-order valence-corrected chi connectivity index (χ1v) is 12.3. The van der Waals surface area contributed by atoms with Crippen LogP contribution >= 0.6 is 0 Å². The zero-order valence-corrected chi connectivity index (χ0v) is 20.4. The average Bonchev–Trinajstić information content (AvgIpc) is 2.90. The highest BCUT2D eigenvalue weighted by Crippen LogP contribution is 2.40. The number of amides is 1. The van der Waals surface area contributed by atoms with E-state index in [-0.39, 0.29) is 17.3 Å². The first-order valence-electron chi connectivity index (χ1n) is 12.3. The maximum absolute atomic E-state index is 14.6. The molecular formula is C27H31FN6O2. The third kappa shape index (κ3) is 5.12. The molecule has 1 aromatic heterocycles. The average molecular weight is 491 g/mol. The number of piperazine rings is 2. The maximum atomic E-state index is 14.6. The Balaban J connectivity index is 1.55. The molecule has 1 amide bonds. The van der Waals surface area contributed by atoms with Crippen LogP contribution in [0.4, 0.5) is 21.7 Å². The molecule has 0 radical (unpaired) electrons. The molecule has 36 heavy (non-hydrogen) atoms. The van der Waals surface area contributed by atoms with Gasteiger partial charge < -0.3 is 30.9 Å². The summed E-state index contributed by atoms with van der Waals surface area (Å²) in [6.45, 7) is 8.39. The molecule has 0 bridgehead atoms. The van der Waals surface area contributed by atoms with Gasteiger partial charge in [-0.05, 0) is 35.4 Å². The zero-order chi connectivity index (χ0) is 25.1. The summed E-state index contributed by atoms with van der Waals surface area (Å²) in [6.07, 6.45) is 0. The zero-order valence-electron chi connectivity index (χ0n) is 20.4. The van der Waals surface area contributed by atoms with Crippen molar-refractivity contribution in [1.82, 2.24) is 15.6 Å². The molecule has 2 fully saturated rings. The van der Waals surface area contributed by atoms with E-state index in [1.807, 2.05) is 24.3 Å². The third-order valence-corrected chi connectivity index (χ3v) is 6.62. The number of pyridine rings is 1. The van der Waals surface area contributed by atoms with Gasteiger partial charge in [0.15, 0.2) is 0 Å². The van der Waals surface area contributed by atoms with Crippen molar-refractivity contribution in [3.8, 4) is 28.0 Å². The molecule has 2 aromatic carbocycles. The van der Waals surface area contributed by atoms with Crippen LogP contribution in [0.25, 0.3) is 22.3 Å². The van der Waals surface area contributed by atoms with Crippen LogP contribution in [0.2, 0.25) is 0 Å². The molecule has 3 heterocycles. The molecule has 0 saturated carbocycles. The van der Waals surface area contributed by atoms with Gasteiger partial charge in [0.1, 0.15) is 23.2 Å². The van der Waals surface area contributed by atoms with Gasteiger partial charge >= 0.3 is 0 Å². The SMILES string of the molecule is CC(=O)Nc1ccc(-c2cccc(-c3cc(N4CCNCC4)nc(N4CCNCC4)c3)c2O)cc1F. The molecule has 2 aliphatic heterocycles. The molecule has 0 unspecified atom stereocenters. The van der Waals surface area contributed by atoms with Crippen molar-refractivity contribution in [2.75, 3.05) is 67.5 Å². The van der Waals surface area contributed by atoms with Gasteiger partial charge in [0.05, 0.1) is 5.69 Å². The number of phenols is 1. The fourth-order valence-electron chi connectivity index (χ4n) is 4.75. The van der Waals surface area contributed by atoms with Gasteiger partial charge in [-0.2, -0.15) is 0 Å². The number of nitrogens with one attached hydrogen (secondary N) is 3. The highest BCUT2D eigenvalue weighted by atomic mass is 19.1. The topological polar surface area (TPSA) is 92.8 Å². The van der Waals surface area contributed by atoms with Crippen LogP contribution < -0.4 is 25.8 Å². The van der Waals surface area contributed by atoms with Gasteiger partial charge in [0, 0.05) is 70.4 Å². The van der Waals surface area contributed by atoms with E-state index in [1.54, 1.807) is 12.1 Å². The van der Waals surface area contributed by atoms with Gasteiger partial charge in [-0.15, -0.1) is 0 Å². The van der Waals surface area contributed by atoms with Crippen LogP contribution in [0.1, 0.15) is 6.92 Å². The number of para-hydroxylation sites is 1. The normalized spacial score (nSPS) is 16.2. The summed E-state index contributed by atoms with van der Waals surface area (Å²) in [5.41, 5.74) is 2.68. The summed E-state index contributed by atoms with van der Waals surface area (Å²) >= 11 is 0. The smallest absolute Gasteiger partial charge is 0.221 e. The molecule has 5 rings (SSSR count). The highest BCUT2D eigenvalue weighted by molar-refractivity contribution is 5.90. The van der Waals surface area contributed by atoms with Gasteiger partial charge in [0.2, 0.25) is 5.91 Å². The van der Waals surface area contributed by atoms with E-state index in [2.05, 4.69) is 25.8 Å². The van der Waals surface area contributed by atoms with Crippen LogP contribution in [0.3, 0.4) is 0 Å². The highest BCUT2D eigenvalue weighted by Gasteiger charge is 2.20. The first-order chi connectivity index (χ1) is 17.5. The van der Waals surface area contributed by atoms with E-state index in [0.717, 1.165) is 69.6 Å². The quantitative estimate of drug-likeness (QED) is 0.437. The summed E-state index contributed by atoms with van der Waals surface area (Å²) in [5, 5.41) is 20.6. The number of anilines is 3. The monoisotopic (exact) mass is 490 g/mol. The minimum atomic E-state index is -0.557. The lowest BCUT2D eigenvalue weighted by molar-refractivity contribution is -0.114. The van der Waals surface area contributed by atoms with E-state index < -0.39 is 5.82 Å². The molecule has 0 spiro atoms. The van der Waals surface area contributed by atoms with Crippen LogP contribution in [-0.2, 0) is 4.79 Å². The molecular weight excluding hydrogens is 459 g/mol. The Morgan fingerprint density at radius 1 is 0.889 bits per heavy atom. The van der Waals surface area contributed by atoms with Crippen molar-refractivity contribution in [2.45, 2.75) is 6.92 Å². The number of halogens is 1. The van der Waals surface area contributed by atoms with Crippen molar-refractivity contribution in [3.63, 3.8) is 0 Å². The van der Waals surface area contributed by atoms with Crippen LogP contribution in [0, 0.1) is 5.82 Å². The minimum absolute atomic E-state index is 0.0768. The van der Waals surface area contributed by atoms with E-state index in [4.69, 9.17) is 4.98 Å². The Morgan fingerprint density at radius 3 is 1.97 bits per heavy atom. The largest absolute Gasteiger partial charge is 0.507 e. The number of benzene rings is 2. The second-order valence-corrected chi connectivity index (χ2v) is 9.12. The van der Waals surface area contributed by atoms with Crippen molar-refractivity contribution in [1.29, 1.82) is 0 Å². The minimum Gasteiger partial charge on any atom is -0.507 e. The fraction of sp³-hybridized carbons (Fsp3) is 0.333. The van der Waals surface area contributed by atoms with Crippen LogP contribution in [-0.4, -0.2) is 68.4 Å². The lowest BCUT2D eigenvalue weighted by atomic mass is 9.97. The molecule has 3 aromatic rings. The molecule has 0 aliphatic carbocycles. The maximum Gasteiger partial charge on any atom is 0.221 e. The van der Waals surface area contributed by atoms with Gasteiger partial charge in [-0.1, -0.05) is 24.3 Å². The number of aromatic nitrogens is 1. The Hall–Kier alpha value is -3.69. The molecule has 2 aliphatic rings. The number of hydrogen-bond acceptors (Lipinski definition) is 7. The van der Waals surface area contributed by atoms with Crippen molar-refractivity contribution in [3.05, 3.63) is 54.3 Å². The number of nitrogens with zero attached hydrogens (tertiary/aromatic N) is 3. The van der Waals surface area contributed by atoms with E-state index in [1.165, 1.54) is 19.1 Å². The molecule has 188 valence electrons. The molecule has 2 saturated heterocycles. The molecule has 8 nitrogen and oxygen atoms in total. The van der Waals surface area contributed by atoms with Crippen molar-refractivity contribution >= 4 is 23.2 Å². The first kappa shape index (κ1) is 24.0. The van der Waals surface area contributed by atoms with E-state index >= 15 is 0 Å². The Morgan fingerprint density at radius 2 is 1.44 bits per heavy atom. The standard InChI is InChI=1S/C27H31FN6O2/c1-18(35)31-24-6-5-19(15-23(24)28)21-3-2-4-22(27(21)36)20-16-25(33-11-7-29-8-12-33)32-26(17-20)34-13-9-30-10-14-34/h2-6,15-17,29-30,36H,7-14H2,1H3,(H,31,35). The second kappa shape index (κ2) is 10.5. The summed E-state index contributed by atoms with van der Waals surface area (Å²) in [5.74, 6) is 0.951. The van der Waals surface area contributed by atoms with Crippen molar-refractivity contribution in [2.24, 2.45) is 0 Å². The number of hydrogen-bond donors (Lipinski definition) is 4. The summed E-state index contributed by atoms with van der Waals surface area (Å²) in [6, 6.07) is 14.1. The van der Waals surface area contributed by atoms with Crippen molar-refractivity contribution < 1.29 is 14.3 Å². The van der Waals surface area contributed by atoms with Crippen LogP contribution in [0.5, 0.6) is 5.75 Å². The van der Waals surface area contributed by atoms with E-state index in [9.17, 15) is 14.3 Å². The van der Waals surface area contributed by atoms with E-state index in [0.29, 0.717) is 16.7 Å². The van der Waals surface area contributed by atoms with Crippen LogP contribution in [0.15, 0.2) is 48.5 Å². The molecule has 9 heteroatoms. The fourth-order valence-corrected chi connectivity index (χ4v) is 4.75. The Labute approximate surface area is 210 Å². The summed E-state index contributed by atoms with van der Waals surface area (Å²) in [4.78, 5) is 20.8. The Bertz CT molecular complexity index is 1220. The second-order valence-electron chi connectivity index (χ2n) is 9.12. The lowest BCUT2D eigenvalue weighted by Crippen LogP contribution is -2.45. The van der Waals surface area contributed by atoms with Gasteiger partial charge in [0.25, 0.3) is 0 Å². The summed E-state index contributed by atoms with van der Waals surface area (Å²) < 4.78 is 14.6. The predicted octanol–water partition coefficient (Wildman–Crippen LogP) is 3.04. The molecule has 4 N–H and O–H groups in total. The van der Waals surface area contributed by atoms with Gasteiger partial charge in [-0.25, -0.2) is 9.37 Å².